The lowest BCUT2D eigenvalue weighted by atomic mass is 10.2. The average Bonchev–Trinajstić information content (AvgIpc) is 2.03. The molecule has 4 nitrogen and oxygen atoms in total. The lowest BCUT2D eigenvalue weighted by molar-refractivity contribution is 0.609. The fraction of sp³-hybridized carbons (Fsp3) is 0. The van der Waals surface area contributed by atoms with Gasteiger partial charge in [-0.15, -0.1) is 0 Å². The molecular weight excluding hydrogens is 212 g/mol. The van der Waals surface area contributed by atoms with Crippen LogP contribution >= 0.6 is 10.7 Å². The van der Waals surface area contributed by atoms with Gasteiger partial charge in [-0.2, -0.15) is 0 Å². The molecule has 1 aromatic rings. The number of nitrogens with two attached hydrogens (primary N) is 1. The fourth-order valence-electron chi connectivity index (χ4n) is 0.815. The summed E-state index contributed by atoms with van der Waals surface area (Å²) in [5, 5.41) is 7.08. The largest absolute Gasteiger partial charge is 0.384 e. The fourth-order valence-corrected chi connectivity index (χ4v) is 1.61. The Labute approximate surface area is 80.3 Å². The van der Waals surface area contributed by atoms with Crippen LogP contribution in [0.4, 0.5) is 0 Å². The van der Waals surface area contributed by atoms with E-state index >= 15 is 0 Å². The van der Waals surface area contributed by atoms with Gasteiger partial charge in [0.2, 0.25) is 0 Å². The number of nitrogens with one attached hydrogen (secondary N) is 1. The monoisotopic (exact) mass is 218 g/mol. The lowest BCUT2D eigenvalue weighted by Gasteiger charge is -1.99. The first-order chi connectivity index (χ1) is 5.91. The molecule has 0 amide bonds. The molecule has 1 aromatic carbocycles. The molecule has 0 atom stereocenters. The third-order valence-electron chi connectivity index (χ3n) is 1.43. The van der Waals surface area contributed by atoms with E-state index < -0.39 is 9.05 Å². The number of benzene rings is 1. The van der Waals surface area contributed by atoms with Gasteiger partial charge in [-0.1, -0.05) is 12.1 Å². The molecule has 0 aromatic heterocycles. The van der Waals surface area contributed by atoms with Crippen molar-refractivity contribution in [1.29, 1.82) is 5.41 Å². The first-order valence-corrected chi connectivity index (χ1v) is 5.61. The zero-order valence-electron chi connectivity index (χ0n) is 6.49. The smallest absolute Gasteiger partial charge is 0.261 e. The van der Waals surface area contributed by atoms with Crippen LogP contribution in [0.1, 0.15) is 5.56 Å². The van der Waals surface area contributed by atoms with Crippen LogP contribution in [0, 0.1) is 5.41 Å². The van der Waals surface area contributed by atoms with Crippen molar-refractivity contribution in [2.75, 3.05) is 0 Å². The van der Waals surface area contributed by atoms with Crippen LogP contribution < -0.4 is 5.73 Å². The summed E-state index contributed by atoms with van der Waals surface area (Å²) in [7, 11) is 1.36. The summed E-state index contributed by atoms with van der Waals surface area (Å²) < 4.78 is 21.7. The summed E-state index contributed by atoms with van der Waals surface area (Å²) in [5.41, 5.74) is 5.51. The Morgan fingerprint density at radius 3 is 2.54 bits per heavy atom. The van der Waals surface area contributed by atoms with Crippen LogP contribution in [0.5, 0.6) is 0 Å². The molecule has 0 bridgehead atoms. The van der Waals surface area contributed by atoms with Crippen molar-refractivity contribution in [1.82, 2.24) is 0 Å². The van der Waals surface area contributed by atoms with Gasteiger partial charge in [-0.25, -0.2) is 8.42 Å². The van der Waals surface area contributed by atoms with Crippen molar-refractivity contribution in [3.8, 4) is 0 Å². The Kier molecular flexibility index (Phi) is 2.58. The van der Waals surface area contributed by atoms with Crippen molar-refractivity contribution in [3.05, 3.63) is 29.8 Å². The molecule has 70 valence electrons. The lowest BCUT2D eigenvalue weighted by Crippen LogP contribution is -2.11. The summed E-state index contributed by atoms with van der Waals surface area (Å²) in [5.74, 6) is -0.192. The van der Waals surface area contributed by atoms with Crippen LogP contribution in [0.15, 0.2) is 29.2 Å². The minimum Gasteiger partial charge on any atom is -0.384 e. The van der Waals surface area contributed by atoms with E-state index in [1.807, 2.05) is 0 Å². The molecule has 0 spiro atoms. The second-order valence-corrected chi connectivity index (χ2v) is 4.95. The molecule has 1 rings (SSSR count). The molecule has 0 fully saturated rings. The third kappa shape index (κ3) is 2.43. The van der Waals surface area contributed by atoms with E-state index in [-0.39, 0.29) is 10.7 Å². The van der Waals surface area contributed by atoms with E-state index in [0.717, 1.165) is 0 Å². The van der Waals surface area contributed by atoms with Crippen molar-refractivity contribution >= 4 is 25.6 Å². The van der Waals surface area contributed by atoms with Crippen LogP contribution in [-0.4, -0.2) is 14.3 Å². The highest BCUT2D eigenvalue weighted by Gasteiger charge is 2.10. The minimum absolute atomic E-state index is 0.0538. The molecule has 0 heterocycles. The van der Waals surface area contributed by atoms with Crippen LogP contribution in [0.2, 0.25) is 0 Å². The first-order valence-electron chi connectivity index (χ1n) is 3.30. The van der Waals surface area contributed by atoms with Gasteiger partial charge in [-0.3, -0.25) is 5.41 Å². The maximum Gasteiger partial charge on any atom is 0.261 e. The minimum atomic E-state index is -3.74. The quantitative estimate of drug-likeness (QED) is 0.439. The van der Waals surface area contributed by atoms with E-state index in [1.54, 1.807) is 0 Å². The molecular formula is C7H7ClN2O2S. The average molecular weight is 219 g/mol. The molecule has 0 unspecified atom stereocenters. The van der Waals surface area contributed by atoms with Crippen LogP contribution in [-0.2, 0) is 9.05 Å². The summed E-state index contributed by atoms with van der Waals surface area (Å²) in [6.07, 6.45) is 0. The van der Waals surface area contributed by atoms with E-state index in [0.29, 0.717) is 5.56 Å². The maximum atomic E-state index is 10.9. The summed E-state index contributed by atoms with van der Waals surface area (Å²) in [6.45, 7) is 0. The van der Waals surface area contributed by atoms with Gasteiger partial charge in [0.1, 0.15) is 5.84 Å². The number of rotatable bonds is 2. The van der Waals surface area contributed by atoms with Gasteiger partial charge in [0.25, 0.3) is 9.05 Å². The van der Waals surface area contributed by atoms with Crippen LogP contribution in [0.25, 0.3) is 0 Å². The van der Waals surface area contributed by atoms with Gasteiger partial charge in [0.15, 0.2) is 0 Å². The molecule has 13 heavy (non-hydrogen) atoms. The van der Waals surface area contributed by atoms with E-state index in [1.165, 1.54) is 24.3 Å². The summed E-state index contributed by atoms with van der Waals surface area (Å²) in [6, 6.07) is 5.61. The SMILES string of the molecule is N=C(N)c1cccc(S(=O)(=O)Cl)c1. The Bertz CT molecular complexity index is 442. The molecule has 0 aliphatic heterocycles. The molecule has 3 N–H and O–H groups in total. The Hall–Kier alpha value is -1.07. The maximum absolute atomic E-state index is 10.9. The van der Waals surface area contributed by atoms with Crippen molar-refractivity contribution in [2.24, 2.45) is 5.73 Å². The second-order valence-electron chi connectivity index (χ2n) is 2.38. The second kappa shape index (κ2) is 3.35. The van der Waals surface area contributed by atoms with Crippen molar-refractivity contribution in [3.63, 3.8) is 0 Å². The number of hydrogen-bond acceptors (Lipinski definition) is 3. The molecule has 0 saturated carbocycles. The number of amidine groups is 1. The molecule has 0 saturated heterocycles. The van der Waals surface area contributed by atoms with Gasteiger partial charge >= 0.3 is 0 Å². The Morgan fingerprint density at radius 1 is 1.46 bits per heavy atom. The molecule has 6 heteroatoms. The zero-order valence-corrected chi connectivity index (χ0v) is 8.06. The molecule has 0 aliphatic rings. The molecule has 0 aliphatic carbocycles. The van der Waals surface area contributed by atoms with Gasteiger partial charge in [-0.05, 0) is 12.1 Å². The van der Waals surface area contributed by atoms with E-state index in [2.05, 4.69) is 0 Å². The normalized spacial score (nSPS) is 11.2. The van der Waals surface area contributed by atoms with E-state index in [9.17, 15) is 8.42 Å². The number of nitrogen functional groups attached to an aromatic ring is 1. The Morgan fingerprint density at radius 2 is 2.08 bits per heavy atom. The van der Waals surface area contributed by atoms with Crippen LogP contribution in [0.3, 0.4) is 0 Å². The predicted octanol–water partition coefficient (Wildman–Crippen LogP) is 0.898. The number of halogens is 1. The highest BCUT2D eigenvalue weighted by Crippen LogP contribution is 2.15. The highest BCUT2D eigenvalue weighted by molar-refractivity contribution is 8.13. The Balaban J connectivity index is 3.29. The highest BCUT2D eigenvalue weighted by atomic mass is 35.7. The topological polar surface area (TPSA) is 84.0 Å². The number of hydrogen-bond donors (Lipinski definition) is 2. The predicted molar refractivity (Wildman–Crippen MR) is 50.5 cm³/mol. The van der Waals surface area contributed by atoms with Gasteiger partial charge < -0.3 is 5.73 Å². The van der Waals surface area contributed by atoms with Crippen molar-refractivity contribution in [2.45, 2.75) is 4.90 Å². The zero-order chi connectivity index (χ0) is 10.1. The van der Waals surface area contributed by atoms with Crippen molar-refractivity contribution < 1.29 is 8.42 Å². The third-order valence-corrected chi connectivity index (χ3v) is 2.78. The first kappa shape index (κ1) is 10.0. The standard InChI is InChI=1S/C7H7ClN2O2S/c8-13(11,12)6-3-1-2-5(4-6)7(9)10/h1-4H,(H3,9,10). The summed E-state index contributed by atoms with van der Waals surface area (Å²) >= 11 is 0. The van der Waals surface area contributed by atoms with E-state index in [4.69, 9.17) is 21.8 Å². The van der Waals surface area contributed by atoms with Gasteiger partial charge in [0.05, 0.1) is 4.90 Å². The summed E-state index contributed by atoms with van der Waals surface area (Å²) in [4.78, 5) is -0.0538. The molecule has 0 radical (unpaired) electrons. The van der Waals surface area contributed by atoms with Gasteiger partial charge in [0, 0.05) is 16.2 Å².